The highest BCUT2D eigenvalue weighted by Gasteiger charge is 2.30. The molecule has 19 heavy (non-hydrogen) atoms. The molecule has 0 radical (unpaired) electrons. The van der Waals surface area contributed by atoms with Crippen LogP contribution in [-0.4, -0.2) is 44.7 Å². The maximum atomic E-state index is 12.0. The maximum absolute atomic E-state index is 12.0. The Morgan fingerprint density at radius 2 is 2.00 bits per heavy atom. The Morgan fingerprint density at radius 1 is 1.37 bits per heavy atom. The van der Waals surface area contributed by atoms with Crippen molar-refractivity contribution in [1.82, 2.24) is 4.90 Å². The van der Waals surface area contributed by atoms with Crippen LogP contribution in [0.25, 0.3) is 0 Å². The summed E-state index contributed by atoms with van der Waals surface area (Å²) in [4.78, 5) is 13.5. The number of likely N-dealkylation sites (tertiary alicyclic amines) is 1. The van der Waals surface area contributed by atoms with Crippen LogP contribution < -0.4 is 0 Å². The summed E-state index contributed by atoms with van der Waals surface area (Å²) in [5.41, 5.74) is -0.563. The molecule has 110 valence electrons. The van der Waals surface area contributed by atoms with Gasteiger partial charge >= 0.3 is 6.09 Å². The highest BCUT2D eigenvalue weighted by atomic mass is 32.2. The molecule has 0 saturated carbocycles. The van der Waals surface area contributed by atoms with E-state index in [1.165, 1.54) is 11.0 Å². The average Bonchev–Trinajstić information content (AvgIpc) is 2.72. The van der Waals surface area contributed by atoms with E-state index in [4.69, 9.17) is 4.74 Å². The van der Waals surface area contributed by atoms with Gasteiger partial charge in [0.1, 0.15) is 5.60 Å². The number of nitrogens with zero attached hydrogens (tertiary/aromatic N) is 1. The topological polar surface area (TPSA) is 72.9 Å². The van der Waals surface area contributed by atoms with Gasteiger partial charge in [0.05, 0.1) is 18.6 Å². The first-order valence-corrected chi connectivity index (χ1v) is 7.60. The summed E-state index contributed by atoms with van der Waals surface area (Å²) < 4.78 is 32.0. The fourth-order valence-corrected chi connectivity index (χ4v) is 2.27. The molecule has 1 heterocycles. The second kappa shape index (κ2) is 5.92. The van der Waals surface area contributed by atoms with Gasteiger partial charge in [0, 0.05) is 6.54 Å². The number of amides is 1. The molecule has 1 aliphatic heterocycles. The summed E-state index contributed by atoms with van der Waals surface area (Å²) in [5.74, 6) is 0. The number of rotatable bonds is 3. The van der Waals surface area contributed by atoms with Gasteiger partial charge in [-0.25, -0.2) is 4.79 Å². The Kier molecular flexibility index (Phi) is 4.98. The first-order valence-electron chi connectivity index (χ1n) is 6.13. The second-order valence-corrected chi connectivity index (χ2v) is 6.96. The van der Waals surface area contributed by atoms with Crippen LogP contribution in [0.4, 0.5) is 4.79 Å². The zero-order valence-electron chi connectivity index (χ0n) is 11.8. The first-order chi connectivity index (χ1) is 8.64. The van der Waals surface area contributed by atoms with E-state index in [1.807, 2.05) is 0 Å². The molecule has 0 aliphatic carbocycles. The van der Waals surface area contributed by atoms with Gasteiger partial charge in [-0.2, -0.15) is 8.42 Å². The van der Waals surface area contributed by atoms with Crippen molar-refractivity contribution in [3.05, 3.63) is 11.5 Å². The molecule has 1 unspecified atom stereocenters. The lowest BCUT2D eigenvalue weighted by Crippen LogP contribution is -2.39. The molecule has 1 amide bonds. The highest BCUT2D eigenvalue weighted by molar-refractivity contribution is 7.89. The molecule has 0 N–H and O–H groups in total. The normalized spacial score (nSPS) is 21.1. The van der Waals surface area contributed by atoms with E-state index in [2.05, 4.69) is 4.18 Å². The van der Waals surface area contributed by atoms with Crippen LogP contribution in [-0.2, 0) is 19.0 Å². The SMILES string of the molecule is COS(=O)(=O)/C=C/C1CCCN1C(=O)OC(C)(C)C. The lowest BCUT2D eigenvalue weighted by atomic mass is 10.2. The van der Waals surface area contributed by atoms with Crippen LogP contribution in [0, 0.1) is 0 Å². The Hall–Kier alpha value is -1.08. The number of carbonyl (C=O) groups excluding carboxylic acids is 1. The fraction of sp³-hybridized carbons (Fsp3) is 0.750. The summed E-state index contributed by atoms with van der Waals surface area (Å²) in [6, 6.07) is -0.264. The predicted octanol–water partition coefficient (Wildman–Crippen LogP) is 1.88. The van der Waals surface area contributed by atoms with Gasteiger partial charge in [0.15, 0.2) is 0 Å². The minimum absolute atomic E-state index is 0.264. The van der Waals surface area contributed by atoms with Crippen molar-refractivity contribution in [3.8, 4) is 0 Å². The average molecular weight is 291 g/mol. The van der Waals surface area contributed by atoms with Gasteiger partial charge in [0.2, 0.25) is 0 Å². The van der Waals surface area contributed by atoms with E-state index in [0.29, 0.717) is 6.54 Å². The number of carbonyl (C=O) groups is 1. The zero-order valence-corrected chi connectivity index (χ0v) is 12.6. The van der Waals surface area contributed by atoms with Crippen molar-refractivity contribution in [2.24, 2.45) is 0 Å². The van der Waals surface area contributed by atoms with E-state index in [0.717, 1.165) is 25.4 Å². The molecule has 7 heteroatoms. The molecule has 0 aromatic heterocycles. The number of hydrogen-bond donors (Lipinski definition) is 0. The molecule has 0 bridgehead atoms. The molecule has 0 aromatic rings. The van der Waals surface area contributed by atoms with Crippen LogP contribution in [0.5, 0.6) is 0 Å². The minimum Gasteiger partial charge on any atom is -0.444 e. The predicted molar refractivity (Wildman–Crippen MR) is 71.0 cm³/mol. The van der Waals surface area contributed by atoms with Gasteiger partial charge in [0.25, 0.3) is 10.1 Å². The smallest absolute Gasteiger partial charge is 0.410 e. The van der Waals surface area contributed by atoms with E-state index in [1.54, 1.807) is 20.8 Å². The monoisotopic (exact) mass is 291 g/mol. The van der Waals surface area contributed by atoms with E-state index < -0.39 is 21.8 Å². The minimum atomic E-state index is -3.65. The van der Waals surface area contributed by atoms with Crippen molar-refractivity contribution in [2.75, 3.05) is 13.7 Å². The van der Waals surface area contributed by atoms with Crippen molar-refractivity contribution in [2.45, 2.75) is 45.3 Å². The van der Waals surface area contributed by atoms with Crippen molar-refractivity contribution in [3.63, 3.8) is 0 Å². The molecule has 1 aliphatic rings. The van der Waals surface area contributed by atoms with Crippen LogP contribution in [0.3, 0.4) is 0 Å². The van der Waals surface area contributed by atoms with Crippen LogP contribution in [0.15, 0.2) is 11.5 Å². The van der Waals surface area contributed by atoms with Gasteiger partial charge in [-0.1, -0.05) is 0 Å². The largest absolute Gasteiger partial charge is 0.444 e. The third kappa shape index (κ3) is 5.20. The quantitative estimate of drug-likeness (QED) is 0.742. The summed E-state index contributed by atoms with van der Waals surface area (Å²) in [6.45, 7) is 5.94. The fourth-order valence-electron chi connectivity index (χ4n) is 1.78. The van der Waals surface area contributed by atoms with Gasteiger partial charge in [-0.15, -0.1) is 0 Å². The molecule has 1 fully saturated rings. The Morgan fingerprint density at radius 3 is 2.53 bits per heavy atom. The maximum Gasteiger partial charge on any atom is 0.410 e. The molecule has 6 nitrogen and oxygen atoms in total. The van der Waals surface area contributed by atoms with Crippen LogP contribution in [0.1, 0.15) is 33.6 Å². The lowest BCUT2D eigenvalue weighted by molar-refractivity contribution is 0.0256. The number of hydrogen-bond acceptors (Lipinski definition) is 5. The summed E-state index contributed by atoms with van der Waals surface area (Å²) in [5, 5.41) is 0.986. The lowest BCUT2D eigenvalue weighted by Gasteiger charge is -2.27. The van der Waals surface area contributed by atoms with Gasteiger partial charge in [-0.3, -0.25) is 4.18 Å². The molecule has 0 aromatic carbocycles. The van der Waals surface area contributed by atoms with Crippen molar-refractivity contribution < 1.29 is 22.1 Å². The second-order valence-electron chi connectivity index (χ2n) is 5.37. The summed E-state index contributed by atoms with van der Waals surface area (Å²) >= 11 is 0. The Balaban J connectivity index is 2.72. The van der Waals surface area contributed by atoms with E-state index >= 15 is 0 Å². The molecule has 1 rings (SSSR count). The summed E-state index contributed by atoms with van der Waals surface area (Å²) in [7, 11) is -2.55. The molecule has 1 saturated heterocycles. The third-order valence-corrected chi connectivity index (χ3v) is 3.58. The number of ether oxygens (including phenoxy) is 1. The summed E-state index contributed by atoms with van der Waals surface area (Å²) in [6.07, 6.45) is 2.58. The first kappa shape index (κ1) is 16.0. The van der Waals surface area contributed by atoms with E-state index in [-0.39, 0.29) is 6.04 Å². The molecule has 1 atom stereocenters. The highest BCUT2D eigenvalue weighted by Crippen LogP contribution is 2.22. The van der Waals surface area contributed by atoms with Gasteiger partial charge in [-0.05, 0) is 39.7 Å². The van der Waals surface area contributed by atoms with Gasteiger partial charge < -0.3 is 9.64 Å². The van der Waals surface area contributed by atoms with Crippen LogP contribution in [0.2, 0.25) is 0 Å². The van der Waals surface area contributed by atoms with Crippen molar-refractivity contribution >= 4 is 16.2 Å². The van der Waals surface area contributed by atoms with Crippen molar-refractivity contribution in [1.29, 1.82) is 0 Å². The Labute approximate surface area is 114 Å². The molecular weight excluding hydrogens is 270 g/mol. The Bertz CT molecular complexity index is 449. The molecular formula is C12H21NO5S. The molecule has 0 spiro atoms. The zero-order chi connectivity index (χ0) is 14.7. The standard InChI is InChI=1S/C12H21NO5S/c1-12(2,3)18-11(14)13-8-5-6-10(13)7-9-19(15,16)17-4/h7,9-10H,5-6,8H2,1-4H3/b9-7+. The van der Waals surface area contributed by atoms with Crippen LogP contribution >= 0.6 is 0 Å². The van der Waals surface area contributed by atoms with E-state index in [9.17, 15) is 13.2 Å². The third-order valence-electron chi connectivity index (χ3n) is 2.63.